The average Bonchev–Trinajstić information content (AvgIpc) is 2.96. The molecule has 1 aliphatic carbocycles. The number of nitrogens with one attached hydrogen (secondary N) is 2. The minimum atomic E-state index is -0.294. The standard InChI is InChI=1S/C16H20N2O2/c1-2-3-8-20-16(19)17-11-9-13-12-6-4-5-7-14(12)18-15(13)10-11/h4-7,11,18H,2-3,8-10H2,1H3,(H,17,19). The maximum atomic E-state index is 11.7. The Morgan fingerprint density at radius 2 is 2.25 bits per heavy atom. The number of alkyl carbamates (subject to hydrolysis) is 1. The molecule has 0 bridgehead atoms. The van der Waals surface area contributed by atoms with Crippen molar-refractivity contribution in [2.45, 2.75) is 38.6 Å². The smallest absolute Gasteiger partial charge is 0.407 e. The first kappa shape index (κ1) is 13.0. The highest BCUT2D eigenvalue weighted by molar-refractivity contribution is 5.85. The molecule has 1 atom stereocenters. The van der Waals surface area contributed by atoms with E-state index >= 15 is 0 Å². The Balaban J connectivity index is 1.61. The summed E-state index contributed by atoms with van der Waals surface area (Å²) < 4.78 is 5.15. The molecule has 0 saturated heterocycles. The SMILES string of the molecule is CCCCOC(=O)NC1Cc2[nH]c3ccccc3c2C1. The zero-order valence-electron chi connectivity index (χ0n) is 11.7. The molecule has 1 heterocycles. The van der Waals surface area contributed by atoms with Crippen molar-refractivity contribution in [2.75, 3.05) is 6.61 Å². The van der Waals surface area contributed by atoms with Crippen molar-refractivity contribution in [2.24, 2.45) is 0 Å². The van der Waals surface area contributed by atoms with Gasteiger partial charge in [0.15, 0.2) is 0 Å². The van der Waals surface area contributed by atoms with Gasteiger partial charge in [-0.3, -0.25) is 0 Å². The third-order valence-corrected chi connectivity index (χ3v) is 3.86. The Bertz CT molecular complexity index is 618. The molecule has 4 heteroatoms. The van der Waals surface area contributed by atoms with Crippen LogP contribution in [0, 0.1) is 0 Å². The van der Waals surface area contributed by atoms with E-state index in [1.54, 1.807) is 0 Å². The number of benzene rings is 1. The zero-order valence-corrected chi connectivity index (χ0v) is 11.7. The summed E-state index contributed by atoms with van der Waals surface area (Å²) in [5.41, 5.74) is 3.76. The molecule has 1 amide bonds. The van der Waals surface area contributed by atoms with Crippen LogP contribution in [0.1, 0.15) is 31.0 Å². The molecule has 0 radical (unpaired) electrons. The van der Waals surface area contributed by atoms with E-state index in [-0.39, 0.29) is 12.1 Å². The van der Waals surface area contributed by atoms with Crippen LogP contribution in [0.5, 0.6) is 0 Å². The molecule has 0 spiro atoms. The number of para-hydroxylation sites is 1. The summed E-state index contributed by atoms with van der Waals surface area (Å²) in [4.78, 5) is 15.1. The van der Waals surface area contributed by atoms with Crippen LogP contribution in [0.3, 0.4) is 0 Å². The summed E-state index contributed by atoms with van der Waals surface area (Å²) in [6.07, 6.45) is 3.39. The number of ether oxygens (including phenoxy) is 1. The van der Waals surface area contributed by atoms with Gasteiger partial charge in [0.1, 0.15) is 0 Å². The molecule has 0 aliphatic heterocycles. The van der Waals surface area contributed by atoms with E-state index < -0.39 is 0 Å². The van der Waals surface area contributed by atoms with Gasteiger partial charge in [0, 0.05) is 29.1 Å². The summed E-state index contributed by atoms with van der Waals surface area (Å²) in [6.45, 7) is 2.58. The predicted octanol–water partition coefficient (Wildman–Crippen LogP) is 3.16. The summed E-state index contributed by atoms with van der Waals surface area (Å²) in [6, 6.07) is 8.46. The van der Waals surface area contributed by atoms with E-state index in [4.69, 9.17) is 4.74 Å². The predicted molar refractivity (Wildman–Crippen MR) is 78.9 cm³/mol. The highest BCUT2D eigenvalue weighted by atomic mass is 16.5. The maximum Gasteiger partial charge on any atom is 0.407 e. The van der Waals surface area contributed by atoms with Gasteiger partial charge < -0.3 is 15.0 Å². The maximum absolute atomic E-state index is 11.7. The minimum Gasteiger partial charge on any atom is -0.450 e. The number of carbonyl (C=O) groups is 1. The van der Waals surface area contributed by atoms with Gasteiger partial charge in [0.2, 0.25) is 0 Å². The van der Waals surface area contributed by atoms with Crippen LogP contribution in [-0.2, 0) is 17.6 Å². The average molecular weight is 272 g/mol. The Hall–Kier alpha value is -1.97. The fourth-order valence-electron chi connectivity index (χ4n) is 2.85. The summed E-state index contributed by atoms with van der Waals surface area (Å²) in [5, 5.41) is 4.22. The number of fused-ring (bicyclic) bond motifs is 3. The first-order valence-electron chi connectivity index (χ1n) is 7.29. The van der Waals surface area contributed by atoms with Crippen LogP contribution < -0.4 is 5.32 Å². The van der Waals surface area contributed by atoms with Crippen molar-refractivity contribution in [3.63, 3.8) is 0 Å². The fraction of sp³-hybridized carbons (Fsp3) is 0.438. The van der Waals surface area contributed by atoms with Crippen molar-refractivity contribution in [3.8, 4) is 0 Å². The van der Waals surface area contributed by atoms with E-state index in [9.17, 15) is 4.79 Å². The van der Waals surface area contributed by atoms with Crippen molar-refractivity contribution in [1.82, 2.24) is 10.3 Å². The Morgan fingerprint density at radius 1 is 1.40 bits per heavy atom. The lowest BCUT2D eigenvalue weighted by atomic mass is 10.1. The molecule has 1 aromatic carbocycles. The van der Waals surface area contributed by atoms with Crippen LogP contribution >= 0.6 is 0 Å². The number of amides is 1. The fourth-order valence-corrected chi connectivity index (χ4v) is 2.85. The van der Waals surface area contributed by atoms with Crippen molar-refractivity contribution >= 4 is 17.0 Å². The van der Waals surface area contributed by atoms with Gasteiger partial charge in [0.05, 0.1) is 6.61 Å². The number of hydrogen-bond donors (Lipinski definition) is 2. The van der Waals surface area contributed by atoms with Crippen LogP contribution in [-0.4, -0.2) is 23.7 Å². The van der Waals surface area contributed by atoms with E-state index in [2.05, 4.69) is 35.4 Å². The molecular weight excluding hydrogens is 252 g/mol. The van der Waals surface area contributed by atoms with E-state index in [0.717, 1.165) is 25.7 Å². The minimum absolute atomic E-state index is 0.148. The highest BCUT2D eigenvalue weighted by Crippen LogP contribution is 2.29. The molecule has 1 aromatic heterocycles. The van der Waals surface area contributed by atoms with Crippen molar-refractivity contribution < 1.29 is 9.53 Å². The molecule has 20 heavy (non-hydrogen) atoms. The van der Waals surface area contributed by atoms with Crippen LogP contribution in [0.4, 0.5) is 4.79 Å². The number of H-pyrrole nitrogens is 1. The molecule has 3 rings (SSSR count). The van der Waals surface area contributed by atoms with Gasteiger partial charge in [-0.2, -0.15) is 0 Å². The number of aromatic amines is 1. The largest absolute Gasteiger partial charge is 0.450 e. The summed E-state index contributed by atoms with van der Waals surface area (Å²) in [7, 11) is 0. The summed E-state index contributed by atoms with van der Waals surface area (Å²) >= 11 is 0. The molecule has 2 aromatic rings. The number of hydrogen-bond acceptors (Lipinski definition) is 2. The van der Waals surface area contributed by atoms with Crippen LogP contribution in [0.2, 0.25) is 0 Å². The topological polar surface area (TPSA) is 54.1 Å². The number of carbonyl (C=O) groups excluding carboxylic acids is 1. The molecular formula is C16H20N2O2. The number of aromatic nitrogens is 1. The second-order valence-corrected chi connectivity index (χ2v) is 5.37. The monoisotopic (exact) mass is 272 g/mol. The first-order valence-corrected chi connectivity index (χ1v) is 7.29. The highest BCUT2D eigenvalue weighted by Gasteiger charge is 2.26. The van der Waals surface area contributed by atoms with Gasteiger partial charge >= 0.3 is 6.09 Å². The lowest BCUT2D eigenvalue weighted by Crippen LogP contribution is -2.36. The molecule has 1 unspecified atom stereocenters. The van der Waals surface area contributed by atoms with Gasteiger partial charge in [-0.15, -0.1) is 0 Å². The second kappa shape index (κ2) is 5.57. The first-order chi connectivity index (χ1) is 9.78. The number of rotatable bonds is 4. The molecule has 0 fully saturated rings. The van der Waals surface area contributed by atoms with Gasteiger partial charge in [0.25, 0.3) is 0 Å². The van der Waals surface area contributed by atoms with Gasteiger partial charge in [-0.05, 0) is 24.5 Å². The Kier molecular flexibility index (Phi) is 3.63. The van der Waals surface area contributed by atoms with Gasteiger partial charge in [-0.1, -0.05) is 31.5 Å². The lowest BCUT2D eigenvalue weighted by Gasteiger charge is -2.12. The zero-order chi connectivity index (χ0) is 13.9. The molecule has 106 valence electrons. The van der Waals surface area contributed by atoms with Crippen molar-refractivity contribution in [1.29, 1.82) is 0 Å². The molecule has 2 N–H and O–H groups in total. The quantitative estimate of drug-likeness (QED) is 0.840. The Morgan fingerprint density at radius 3 is 3.10 bits per heavy atom. The number of unbranched alkanes of at least 4 members (excludes halogenated alkanes) is 1. The van der Waals surface area contributed by atoms with Gasteiger partial charge in [-0.25, -0.2) is 4.79 Å². The Labute approximate surface area is 118 Å². The summed E-state index contributed by atoms with van der Waals surface area (Å²) in [5.74, 6) is 0. The molecule has 1 aliphatic rings. The van der Waals surface area contributed by atoms with Crippen LogP contribution in [0.15, 0.2) is 24.3 Å². The molecule has 4 nitrogen and oxygen atoms in total. The molecule has 0 saturated carbocycles. The van der Waals surface area contributed by atoms with E-state index in [1.165, 1.54) is 22.2 Å². The van der Waals surface area contributed by atoms with Crippen LogP contribution in [0.25, 0.3) is 10.9 Å². The normalized spacial score (nSPS) is 17.1. The van der Waals surface area contributed by atoms with Crippen molar-refractivity contribution in [3.05, 3.63) is 35.5 Å². The third kappa shape index (κ3) is 2.50. The third-order valence-electron chi connectivity index (χ3n) is 3.86. The van der Waals surface area contributed by atoms with E-state index in [0.29, 0.717) is 6.61 Å². The van der Waals surface area contributed by atoms with E-state index in [1.807, 2.05) is 6.07 Å². The lowest BCUT2D eigenvalue weighted by molar-refractivity contribution is 0.141. The second-order valence-electron chi connectivity index (χ2n) is 5.37.